The lowest BCUT2D eigenvalue weighted by Crippen LogP contribution is -2.42. The standard InChI is InChI=1S/C21H27N/c1-14-8-10-20(2)15(12-14)4-6-17-18-7-5-16(13-22)21(18,3)11-9-19(17)20/h4,9,12,16-18H,5-8,10-11H2,1-3H3. The molecular weight excluding hydrogens is 266 g/mol. The number of allylic oxidation sites excluding steroid dienone is 6. The first kappa shape index (κ1) is 14.3. The highest BCUT2D eigenvalue weighted by atomic mass is 14.6. The van der Waals surface area contributed by atoms with Gasteiger partial charge in [0.25, 0.3) is 0 Å². The first-order valence-corrected chi connectivity index (χ1v) is 8.97. The molecule has 0 saturated heterocycles. The predicted molar refractivity (Wildman–Crippen MR) is 89.9 cm³/mol. The summed E-state index contributed by atoms with van der Waals surface area (Å²) in [5, 5.41) is 9.54. The van der Waals surface area contributed by atoms with Gasteiger partial charge in [-0.05, 0) is 68.3 Å². The molecule has 116 valence electrons. The van der Waals surface area contributed by atoms with Gasteiger partial charge in [-0.1, -0.05) is 43.2 Å². The van der Waals surface area contributed by atoms with Crippen LogP contribution in [0.1, 0.15) is 59.3 Å². The van der Waals surface area contributed by atoms with Gasteiger partial charge in [0.2, 0.25) is 0 Å². The number of rotatable bonds is 0. The molecule has 1 fully saturated rings. The van der Waals surface area contributed by atoms with Gasteiger partial charge in [0.1, 0.15) is 0 Å². The maximum absolute atomic E-state index is 9.54. The van der Waals surface area contributed by atoms with Crippen molar-refractivity contribution >= 4 is 0 Å². The smallest absolute Gasteiger partial charge is 0.0661 e. The second-order valence-electron chi connectivity index (χ2n) is 8.56. The molecule has 0 amide bonds. The molecule has 0 heterocycles. The van der Waals surface area contributed by atoms with Gasteiger partial charge < -0.3 is 0 Å². The maximum Gasteiger partial charge on any atom is 0.0661 e. The van der Waals surface area contributed by atoms with Crippen molar-refractivity contribution in [3.8, 4) is 6.07 Å². The third-order valence-electron chi connectivity index (χ3n) is 7.50. The van der Waals surface area contributed by atoms with Crippen molar-refractivity contribution in [1.29, 1.82) is 5.26 Å². The maximum atomic E-state index is 9.54. The number of nitriles is 1. The third-order valence-corrected chi connectivity index (χ3v) is 7.50. The van der Waals surface area contributed by atoms with E-state index in [0.717, 1.165) is 18.8 Å². The Morgan fingerprint density at radius 1 is 1.23 bits per heavy atom. The molecular formula is C21H27N. The fourth-order valence-corrected chi connectivity index (χ4v) is 5.99. The Labute approximate surface area is 134 Å². The first-order valence-electron chi connectivity index (χ1n) is 8.97. The van der Waals surface area contributed by atoms with Crippen molar-refractivity contribution in [3.63, 3.8) is 0 Å². The van der Waals surface area contributed by atoms with Crippen molar-refractivity contribution in [2.45, 2.75) is 59.3 Å². The number of fused-ring (bicyclic) bond motifs is 5. The van der Waals surface area contributed by atoms with E-state index in [1.54, 1.807) is 11.1 Å². The summed E-state index contributed by atoms with van der Waals surface area (Å²) in [6.07, 6.45) is 14.7. The Morgan fingerprint density at radius 2 is 2.05 bits per heavy atom. The highest BCUT2D eigenvalue weighted by molar-refractivity contribution is 5.45. The molecule has 1 saturated carbocycles. The van der Waals surface area contributed by atoms with Gasteiger partial charge in [-0.15, -0.1) is 0 Å². The molecule has 0 radical (unpaired) electrons. The van der Waals surface area contributed by atoms with E-state index in [-0.39, 0.29) is 16.7 Å². The predicted octanol–water partition coefficient (Wildman–Crippen LogP) is 5.57. The Morgan fingerprint density at radius 3 is 2.82 bits per heavy atom. The van der Waals surface area contributed by atoms with Crippen LogP contribution in [0.4, 0.5) is 0 Å². The number of nitrogens with zero attached hydrogens (tertiary/aromatic N) is 1. The molecule has 0 bridgehead atoms. The molecule has 5 atom stereocenters. The Kier molecular flexibility index (Phi) is 3.00. The van der Waals surface area contributed by atoms with Gasteiger partial charge in [-0.2, -0.15) is 5.26 Å². The fourth-order valence-electron chi connectivity index (χ4n) is 5.99. The highest BCUT2D eigenvalue weighted by Crippen LogP contribution is 2.63. The second-order valence-corrected chi connectivity index (χ2v) is 8.56. The van der Waals surface area contributed by atoms with Gasteiger partial charge in [-0.3, -0.25) is 0 Å². The van der Waals surface area contributed by atoms with Gasteiger partial charge in [0.15, 0.2) is 0 Å². The number of hydrogen-bond donors (Lipinski definition) is 0. The summed E-state index contributed by atoms with van der Waals surface area (Å²) in [5.41, 5.74) is 5.32. The average molecular weight is 293 g/mol. The second kappa shape index (κ2) is 4.60. The van der Waals surface area contributed by atoms with Crippen molar-refractivity contribution < 1.29 is 0 Å². The van der Waals surface area contributed by atoms with Crippen molar-refractivity contribution in [1.82, 2.24) is 0 Å². The van der Waals surface area contributed by atoms with Crippen LogP contribution in [0.2, 0.25) is 0 Å². The third kappa shape index (κ3) is 1.70. The molecule has 0 aromatic heterocycles. The van der Waals surface area contributed by atoms with Crippen LogP contribution in [0, 0.1) is 39.9 Å². The van der Waals surface area contributed by atoms with Crippen LogP contribution in [-0.2, 0) is 0 Å². The fraction of sp³-hybridized carbons (Fsp3) is 0.667. The normalized spacial score (nSPS) is 46.5. The van der Waals surface area contributed by atoms with Gasteiger partial charge in [-0.25, -0.2) is 0 Å². The molecule has 1 nitrogen and oxygen atoms in total. The zero-order valence-corrected chi connectivity index (χ0v) is 14.2. The minimum atomic E-state index is 0.227. The van der Waals surface area contributed by atoms with Gasteiger partial charge >= 0.3 is 0 Å². The summed E-state index contributed by atoms with van der Waals surface area (Å²) < 4.78 is 0. The van der Waals surface area contributed by atoms with E-state index in [4.69, 9.17) is 0 Å². The van der Waals surface area contributed by atoms with Crippen LogP contribution < -0.4 is 0 Å². The molecule has 4 rings (SSSR count). The Hall–Kier alpha value is -1.29. The minimum Gasteiger partial charge on any atom is -0.198 e. The summed E-state index contributed by atoms with van der Waals surface area (Å²) in [6, 6.07) is 2.62. The van der Waals surface area contributed by atoms with Crippen molar-refractivity contribution in [2.75, 3.05) is 0 Å². The van der Waals surface area contributed by atoms with E-state index in [0.29, 0.717) is 5.92 Å². The topological polar surface area (TPSA) is 23.8 Å². The zero-order chi connectivity index (χ0) is 15.5. The van der Waals surface area contributed by atoms with Gasteiger partial charge in [0.05, 0.1) is 12.0 Å². The molecule has 1 heteroatoms. The summed E-state index contributed by atoms with van der Waals surface area (Å²) in [6.45, 7) is 7.13. The SMILES string of the molecule is CC1=CC2=CCC3C(=CCC4(C)C(C#N)CCC34)C2(C)CC1. The number of hydrogen-bond acceptors (Lipinski definition) is 1. The summed E-state index contributed by atoms with van der Waals surface area (Å²) >= 11 is 0. The summed E-state index contributed by atoms with van der Waals surface area (Å²) in [5.74, 6) is 1.68. The van der Waals surface area contributed by atoms with Gasteiger partial charge in [0, 0.05) is 5.41 Å². The van der Waals surface area contributed by atoms with Crippen LogP contribution in [0.15, 0.2) is 34.9 Å². The molecule has 0 aliphatic heterocycles. The quantitative estimate of drug-likeness (QED) is 0.536. The van der Waals surface area contributed by atoms with Crippen LogP contribution >= 0.6 is 0 Å². The Balaban J connectivity index is 1.77. The largest absolute Gasteiger partial charge is 0.198 e. The van der Waals surface area contributed by atoms with Crippen molar-refractivity contribution in [2.24, 2.45) is 28.6 Å². The molecule has 0 aromatic rings. The van der Waals surface area contributed by atoms with Crippen LogP contribution in [0.5, 0.6) is 0 Å². The van der Waals surface area contributed by atoms with E-state index in [9.17, 15) is 5.26 Å². The molecule has 22 heavy (non-hydrogen) atoms. The zero-order valence-electron chi connectivity index (χ0n) is 14.2. The van der Waals surface area contributed by atoms with E-state index in [1.807, 2.05) is 0 Å². The van der Waals surface area contributed by atoms with E-state index < -0.39 is 0 Å². The average Bonchev–Trinajstić information content (AvgIpc) is 2.84. The molecule has 5 unspecified atom stereocenters. The lowest BCUT2D eigenvalue weighted by atomic mass is 9.52. The first-order chi connectivity index (χ1) is 10.5. The minimum absolute atomic E-state index is 0.227. The molecule has 0 N–H and O–H groups in total. The molecule has 0 spiro atoms. The molecule has 4 aliphatic rings. The summed E-state index contributed by atoms with van der Waals surface area (Å²) in [7, 11) is 0. The van der Waals surface area contributed by atoms with E-state index >= 15 is 0 Å². The van der Waals surface area contributed by atoms with Crippen LogP contribution in [-0.4, -0.2) is 0 Å². The summed E-state index contributed by atoms with van der Waals surface area (Å²) in [4.78, 5) is 0. The van der Waals surface area contributed by atoms with E-state index in [1.165, 1.54) is 31.3 Å². The highest BCUT2D eigenvalue weighted by Gasteiger charge is 2.55. The van der Waals surface area contributed by atoms with Crippen molar-refractivity contribution in [3.05, 3.63) is 34.9 Å². The monoisotopic (exact) mass is 293 g/mol. The van der Waals surface area contributed by atoms with E-state index in [2.05, 4.69) is 45.1 Å². The molecule has 4 aliphatic carbocycles. The molecule has 0 aromatic carbocycles. The van der Waals surface area contributed by atoms with Crippen LogP contribution in [0.3, 0.4) is 0 Å². The Bertz CT molecular complexity index is 643. The van der Waals surface area contributed by atoms with Crippen LogP contribution in [0.25, 0.3) is 0 Å². The lowest BCUT2D eigenvalue weighted by molar-refractivity contribution is 0.115. The lowest BCUT2D eigenvalue weighted by Gasteiger charge is -2.51.